The van der Waals surface area contributed by atoms with E-state index in [9.17, 15) is 30.3 Å². The molecule has 77 heavy (non-hydrogen) atoms. The number of carbonyl (C=O) groups excluding carboxylic acids is 1. The van der Waals surface area contributed by atoms with Crippen LogP contribution in [0.2, 0.25) is 0 Å². The second-order valence-corrected chi connectivity index (χ2v) is 24.0. The van der Waals surface area contributed by atoms with Gasteiger partial charge in [0.25, 0.3) is 0 Å². The minimum atomic E-state index is -1.57. The van der Waals surface area contributed by atoms with Gasteiger partial charge >= 0.3 is 0 Å². The van der Waals surface area contributed by atoms with Gasteiger partial charge in [0.05, 0.1) is 25.4 Å². The summed E-state index contributed by atoms with van der Waals surface area (Å²) in [6.45, 7) is 3.84. The lowest BCUT2D eigenvalue weighted by molar-refractivity contribution is -0.302. The predicted molar refractivity (Wildman–Crippen MR) is 327 cm³/mol. The summed E-state index contributed by atoms with van der Waals surface area (Å²) in [4.78, 5) is 13.1. The molecule has 0 aromatic carbocycles. The second-order valence-electron chi connectivity index (χ2n) is 24.0. The topological polar surface area (TPSA) is 149 Å². The molecule has 0 spiro atoms. The molecular formula is C68H131NO8. The maximum absolute atomic E-state index is 13.1. The molecule has 0 aromatic rings. The van der Waals surface area contributed by atoms with Crippen molar-refractivity contribution >= 4 is 5.91 Å². The van der Waals surface area contributed by atoms with Gasteiger partial charge in [-0.15, -0.1) is 0 Å². The molecule has 1 aliphatic rings. The fourth-order valence-electron chi connectivity index (χ4n) is 11.2. The third-order valence-electron chi connectivity index (χ3n) is 16.5. The second kappa shape index (κ2) is 57.9. The lowest BCUT2D eigenvalue weighted by Crippen LogP contribution is -2.60. The third kappa shape index (κ3) is 46.9. The number of nitrogens with one attached hydrogen (secondary N) is 1. The minimum absolute atomic E-state index is 0.170. The van der Waals surface area contributed by atoms with E-state index in [2.05, 4.69) is 31.3 Å². The van der Waals surface area contributed by atoms with Gasteiger partial charge in [-0.05, 0) is 44.9 Å². The summed E-state index contributed by atoms with van der Waals surface area (Å²) >= 11 is 0. The molecule has 6 N–H and O–H groups in total. The van der Waals surface area contributed by atoms with Gasteiger partial charge < -0.3 is 40.3 Å². The van der Waals surface area contributed by atoms with Crippen LogP contribution in [0.5, 0.6) is 0 Å². The van der Waals surface area contributed by atoms with Gasteiger partial charge in [-0.25, -0.2) is 0 Å². The van der Waals surface area contributed by atoms with Crippen LogP contribution in [0.3, 0.4) is 0 Å². The quantitative estimate of drug-likeness (QED) is 0.0261. The van der Waals surface area contributed by atoms with Crippen LogP contribution in [0.15, 0.2) is 24.3 Å². The predicted octanol–water partition coefficient (Wildman–Crippen LogP) is 18.1. The van der Waals surface area contributed by atoms with Crippen molar-refractivity contribution in [2.45, 2.75) is 391 Å². The zero-order valence-electron chi connectivity index (χ0n) is 51.0. The van der Waals surface area contributed by atoms with E-state index in [1.54, 1.807) is 6.08 Å². The van der Waals surface area contributed by atoms with Crippen LogP contribution in [0.1, 0.15) is 348 Å². The molecule has 0 aromatic heterocycles. The highest BCUT2D eigenvalue weighted by atomic mass is 16.7. The van der Waals surface area contributed by atoms with Crippen LogP contribution in [0.4, 0.5) is 0 Å². The molecule has 0 saturated carbocycles. The molecule has 9 heteroatoms. The molecular weight excluding hydrogens is 959 g/mol. The number of hydrogen-bond donors (Lipinski definition) is 6. The molecule has 1 rings (SSSR count). The number of allylic oxidation sites excluding steroid dienone is 3. The van der Waals surface area contributed by atoms with Crippen molar-refractivity contribution in [1.82, 2.24) is 5.32 Å². The van der Waals surface area contributed by atoms with Crippen LogP contribution in [0, 0.1) is 0 Å². The van der Waals surface area contributed by atoms with E-state index in [0.29, 0.717) is 6.42 Å². The first kappa shape index (κ1) is 73.7. The van der Waals surface area contributed by atoms with Crippen LogP contribution < -0.4 is 5.32 Å². The van der Waals surface area contributed by atoms with Gasteiger partial charge in [0.2, 0.25) is 5.91 Å². The molecule has 7 atom stereocenters. The highest BCUT2D eigenvalue weighted by Crippen LogP contribution is 2.23. The summed E-state index contributed by atoms with van der Waals surface area (Å²) in [7, 11) is 0. The summed E-state index contributed by atoms with van der Waals surface area (Å²) in [6.07, 6.45) is 68.5. The van der Waals surface area contributed by atoms with E-state index in [1.807, 2.05) is 6.08 Å². The van der Waals surface area contributed by atoms with Crippen molar-refractivity contribution in [1.29, 1.82) is 0 Å². The Morgan fingerprint density at radius 1 is 0.429 bits per heavy atom. The SMILES string of the molecule is CCCCCCCCCCCCCC/C=C\CCCCCCCCCCCCCCCC(=O)NC(COC1OC(CO)C(O)C(O)C1O)C(O)/C=C/CCCCCCCCCCCCCCCCCCCCCCCCC. The van der Waals surface area contributed by atoms with Crippen LogP contribution in [-0.4, -0.2) is 87.5 Å². The standard InChI is InChI=1S/C68H131NO8/c1-3-5-7-9-11-13-15-17-19-21-23-25-27-29-30-31-32-34-36-38-40-42-44-46-48-50-52-54-56-58-64(72)69-61(60-76-68-67(75)66(74)65(73)63(59-70)77-68)62(71)57-55-53-51-49-47-45-43-41-39-37-35-33-28-26-24-22-20-18-16-14-12-10-8-6-4-2/h29-30,55,57,61-63,65-68,70-71,73-75H,3-28,31-54,56,58-60H2,1-2H3,(H,69,72)/b30-29-,57-55+. The largest absolute Gasteiger partial charge is 0.394 e. The summed E-state index contributed by atoms with van der Waals surface area (Å²) in [5.41, 5.74) is 0. The first-order valence-electron chi connectivity index (χ1n) is 34.1. The van der Waals surface area contributed by atoms with Crippen molar-refractivity contribution < 1.29 is 39.8 Å². The number of hydrogen-bond acceptors (Lipinski definition) is 8. The van der Waals surface area contributed by atoms with Crippen molar-refractivity contribution in [2.75, 3.05) is 13.2 Å². The van der Waals surface area contributed by atoms with E-state index in [-0.39, 0.29) is 12.5 Å². The average Bonchev–Trinajstić information content (AvgIpc) is 3.43. The van der Waals surface area contributed by atoms with Crippen molar-refractivity contribution in [3.8, 4) is 0 Å². The molecule has 7 unspecified atom stereocenters. The van der Waals surface area contributed by atoms with Crippen molar-refractivity contribution in [3.05, 3.63) is 24.3 Å². The lowest BCUT2D eigenvalue weighted by atomic mass is 9.99. The normalized spacial score (nSPS) is 18.8. The van der Waals surface area contributed by atoms with Crippen LogP contribution in [-0.2, 0) is 14.3 Å². The molecule has 1 saturated heterocycles. The first-order valence-corrected chi connectivity index (χ1v) is 34.1. The Morgan fingerprint density at radius 3 is 1.05 bits per heavy atom. The number of unbranched alkanes of at least 4 members (excludes halogenated alkanes) is 48. The average molecular weight is 1090 g/mol. The number of rotatable bonds is 60. The highest BCUT2D eigenvalue weighted by Gasteiger charge is 2.44. The minimum Gasteiger partial charge on any atom is -0.394 e. The summed E-state index contributed by atoms with van der Waals surface area (Å²) in [5, 5.41) is 54.7. The zero-order valence-corrected chi connectivity index (χ0v) is 51.0. The summed E-state index contributed by atoms with van der Waals surface area (Å²) in [6, 6.07) is -0.804. The fourth-order valence-corrected chi connectivity index (χ4v) is 11.2. The molecule has 1 aliphatic heterocycles. The van der Waals surface area contributed by atoms with Gasteiger partial charge in [0, 0.05) is 6.42 Å². The maximum Gasteiger partial charge on any atom is 0.220 e. The van der Waals surface area contributed by atoms with E-state index in [1.165, 1.54) is 289 Å². The number of carbonyl (C=O) groups is 1. The number of ether oxygens (including phenoxy) is 2. The molecule has 0 aliphatic carbocycles. The highest BCUT2D eigenvalue weighted by molar-refractivity contribution is 5.76. The maximum atomic E-state index is 13.1. The van der Waals surface area contributed by atoms with Gasteiger partial charge in [-0.1, -0.05) is 321 Å². The number of aliphatic hydroxyl groups is 5. The zero-order chi connectivity index (χ0) is 55.8. The lowest BCUT2D eigenvalue weighted by Gasteiger charge is -2.40. The van der Waals surface area contributed by atoms with Crippen LogP contribution in [0.25, 0.3) is 0 Å². The Hall–Kier alpha value is -1.33. The molecule has 1 heterocycles. The Kier molecular flexibility index (Phi) is 55.4. The third-order valence-corrected chi connectivity index (χ3v) is 16.5. The molecule has 1 amide bonds. The summed E-state index contributed by atoms with van der Waals surface area (Å²) < 4.78 is 11.3. The van der Waals surface area contributed by atoms with Gasteiger partial charge in [0.1, 0.15) is 24.4 Å². The summed E-state index contributed by atoms with van der Waals surface area (Å²) in [5.74, 6) is -0.170. The van der Waals surface area contributed by atoms with E-state index in [0.717, 1.165) is 38.5 Å². The number of aliphatic hydroxyl groups excluding tert-OH is 5. The number of amides is 1. The Balaban J connectivity index is 2.14. The van der Waals surface area contributed by atoms with E-state index in [4.69, 9.17) is 9.47 Å². The van der Waals surface area contributed by atoms with E-state index < -0.39 is 49.5 Å². The van der Waals surface area contributed by atoms with Crippen LogP contribution >= 0.6 is 0 Å². The monoisotopic (exact) mass is 1090 g/mol. The smallest absolute Gasteiger partial charge is 0.220 e. The molecule has 0 bridgehead atoms. The Morgan fingerprint density at radius 2 is 0.727 bits per heavy atom. The van der Waals surface area contributed by atoms with Crippen molar-refractivity contribution in [3.63, 3.8) is 0 Å². The Bertz CT molecular complexity index is 1260. The van der Waals surface area contributed by atoms with Crippen molar-refractivity contribution in [2.24, 2.45) is 0 Å². The van der Waals surface area contributed by atoms with Gasteiger partial charge in [-0.3, -0.25) is 4.79 Å². The molecule has 0 radical (unpaired) electrons. The fraction of sp³-hybridized carbons (Fsp3) is 0.926. The Labute approximate surface area is 477 Å². The molecule has 456 valence electrons. The molecule has 1 fully saturated rings. The van der Waals surface area contributed by atoms with Gasteiger partial charge in [0.15, 0.2) is 6.29 Å². The molecule has 9 nitrogen and oxygen atoms in total. The van der Waals surface area contributed by atoms with Gasteiger partial charge in [-0.2, -0.15) is 0 Å². The van der Waals surface area contributed by atoms with E-state index >= 15 is 0 Å². The first-order chi connectivity index (χ1) is 37.8.